The van der Waals surface area contributed by atoms with Crippen LogP contribution in [0.25, 0.3) is 0 Å². The van der Waals surface area contributed by atoms with Crippen LogP contribution in [0.2, 0.25) is 0 Å². The fourth-order valence-electron chi connectivity index (χ4n) is 2.32. The van der Waals surface area contributed by atoms with E-state index < -0.39 is 0 Å². The highest BCUT2D eigenvalue weighted by atomic mass is 16.5. The number of rotatable bonds is 5. The molecule has 0 bridgehead atoms. The summed E-state index contributed by atoms with van der Waals surface area (Å²) in [4.78, 5) is 4.70. The molecule has 4 heteroatoms. The lowest BCUT2D eigenvalue weighted by atomic mass is 10.0. The lowest BCUT2D eigenvalue weighted by molar-refractivity contribution is -0.132. The average molecular weight is 229 g/mol. The van der Waals surface area contributed by atoms with Gasteiger partial charge in [-0.05, 0) is 47.5 Å². The second-order valence-corrected chi connectivity index (χ2v) is 5.63. The zero-order valence-corrected chi connectivity index (χ0v) is 11.2. The van der Waals surface area contributed by atoms with E-state index >= 15 is 0 Å². The Balaban J connectivity index is 2.35. The van der Waals surface area contributed by atoms with Crippen LogP contribution in [-0.2, 0) is 4.74 Å². The van der Waals surface area contributed by atoms with Crippen LogP contribution in [0.3, 0.4) is 0 Å². The van der Waals surface area contributed by atoms with Crippen LogP contribution in [0.1, 0.15) is 20.3 Å². The maximum absolute atomic E-state index is 5.90. The van der Waals surface area contributed by atoms with Crippen molar-refractivity contribution in [3.05, 3.63) is 0 Å². The van der Waals surface area contributed by atoms with Gasteiger partial charge in [-0.25, -0.2) is 0 Å². The molecule has 1 rings (SSSR count). The predicted octanol–water partition coefficient (Wildman–Crippen LogP) is 0.376. The SMILES string of the molecule is CN(C)CCCN1CC(CN)OC(C)(C)C1. The lowest BCUT2D eigenvalue weighted by Crippen LogP contribution is -2.55. The smallest absolute Gasteiger partial charge is 0.0831 e. The molecule has 0 aromatic carbocycles. The lowest BCUT2D eigenvalue weighted by Gasteiger charge is -2.42. The van der Waals surface area contributed by atoms with Crippen molar-refractivity contribution in [2.75, 3.05) is 46.8 Å². The van der Waals surface area contributed by atoms with Gasteiger partial charge in [-0.2, -0.15) is 0 Å². The number of hydrogen-bond donors (Lipinski definition) is 1. The Morgan fingerprint density at radius 1 is 1.44 bits per heavy atom. The van der Waals surface area contributed by atoms with Crippen LogP contribution in [0.4, 0.5) is 0 Å². The van der Waals surface area contributed by atoms with Gasteiger partial charge in [0.15, 0.2) is 0 Å². The van der Waals surface area contributed by atoms with E-state index in [1.54, 1.807) is 0 Å². The van der Waals surface area contributed by atoms with Crippen molar-refractivity contribution in [3.8, 4) is 0 Å². The quantitative estimate of drug-likeness (QED) is 0.740. The molecule has 16 heavy (non-hydrogen) atoms. The Hall–Kier alpha value is -0.160. The molecule has 2 N–H and O–H groups in total. The van der Waals surface area contributed by atoms with Crippen molar-refractivity contribution in [1.82, 2.24) is 9.80 Å². The van der Waals surface area contributed by atoms with Crippen molar-refractivity contribution >= 4 is 0 Å². The van der Waals surface area contributed by atoms with Gasteiger partial charge in [-0.1, -0.05) is 0 Å². The molecule has 1 aliphatic rings. The Labute approximate surface area is 99.7 Å². The first-order valence-electron chi connectivity index (χ1n) is 6.18. The Morgan fingerprint density at radius 3 is 2.69 bits per heavy atom. The van der Waals surface area contributed by atoms with Crippen LogP contribution >= 0.6 is 0 Å². The summed E-state index contributed by atoms with van der Waals surface area (Å²) in [6.45, 7) is 9.19. The van der Waals surface area contributed by atoms with Crippen molar-refractivity contribution in [1.29, 1.82) is 0 Å². The van der Waals surface area contributed by atoms with Gasteiger partial charge in [0.1, 0.15) is 0 Å². The number of nitrogens with zero attached hydrogens (tertiary/aromatic N) is 2. The van der Waals surface area contributed by atoms with Crippen molar-refractivity contribution in [2.24, 2.45) is 5.73 Å². The highest BCUT2D eigenvalue weighted by Crippen LogP contribution is 2.20. The molecule has 0 aromatic rings. The van der Waals surface area contributed by atoms with Gasteiger partial charge in [0.2, 0.25) is 0 Å². The summed E-state index contributed by atoms with van der Waals surface area (Å²) >= 11 is 0. The molecular weight excluding hydrogens is 202 g/mol. The molecule has 0 spiro atoms. The first-order valence-corrected chi connectivity index (χ1v) is 6.18. The summed E-state index contributed by atoms with van der Waals surface area (Å²) < 4.78 is 5.90. The minimum atomic E-state index is -0.0552. The molecule has 1 heterocycles. The van der Waals surface area contributed by atoms with E-state index in [-0.39, 0.29) is 11.7 Å². The fourth-order valence-corrected chi connectivity index (χ4v) is 2.32. The minimum Gasteiger partial charge on any atom is -0.368 e. The van der Waals surface area contributed by atoms with Crippen molar-refractivity contribution in [2.45, 2.75) is 32.0 Å². The third kappa shape index (κ3) is 4.78. The molecule has 1 atom stereocenters. The fraction of sp³-hybridized carbons (Fsp3) is 1.00. The number of nitrogens with two attached hydrogens (primary N) is 1. The second-order valence-electron chi connectivity index (χ2n) is 5.63. The second kappa shape index (κ2) is 5.96. The summed E-state index contributed by atoms with van der Waals surface area (Å²) in [5.74, 6) is 0. The van der Waals surface area contributed by atoms with E-state index in [0.29, 0.717) is 6.54 Å². The van der Waals surface area contributed by atoms with Crippen molar-refractivity contribution < 1.29 is 4.74 Å². The molecule has 0 amide bonds. The molecule has 1 fully saturated rings. The van der Waals surface area contributed by atoms with Crippen LogP contribution in [0.15, 0.2) is 0 Å². The van der Waals surface area contributed by atoms with E-state index in [9.17, 15) is 0 Å². The highest BCUT2D eigenvalue weighted by Gasteiger charge is 2.32. The molecule has 96 valence electrons. The monoisotopic (exact) mass is 229 g/mol. The van der Waals surface area contributed by atoms with E-state index in [2.05, 4.69) is 37.7 Å². The highest BCUT2D eigenvalue weighted by molar-refractivity contribution is 4.84. The maximum atomic E-state index is 5.90. The van der Waals surface area contributed by atoms with E-state index in [1.807, 2.05) is 0 Å². The summed E-state index contributed by atoms with van der Waals surface area (Å²) in [5, 5.41) is 0. The van der Waals surface area contributed by atoms with E-state index in [1.165, 1.54) is 6.42 Å². The predicted molar refractivity (Wildman–Crippen MR) is 67.6 cm³/mol. The number of hydrogen-bond acceptors (Lipinski definition) is 4. The normalized spacial score (nSPS) is 26.2. The van der Waals surface area contributed by atoms with E-state index in [0.717, 1.165) is 26.2 Å². The molecule has 1 aliphatic heterocycles. The van der Waals surface area contributed by atoms with Crippen LogP contribution in [0.5, 0.6) is 0 Å². The van der Waals surface area contributed by atoms with Crippen LogP contribution in [0, 0.1) is 0 Å². The first kappa shape index (κ1) is 13.9. The molecule has 1 unspecified atom stereocenters. The number of morpholine rings is 1. The number of ether oxygens (including phenoxy) is 1. The van der Waals surface area contributed by atoms with Gasteiger partial charge in [0.05, 0.1) is 11.7 Å². The first-order chi connectivity index (χ1) is 7.43. The Kier molecular flexibility index (Phi) is 5.18. The third-order valence-corrected chi connectivity index (χ3v) is 2.89. The molecule has 0 saturated carbocycles. The summed E-state index contributed by atoms with van der Waals surface area (Å²) in [5.41, 5.74) is 5.65. The van der Waals surface area contributed by atoms with Gasteiger partial charge in [0.25, 0.3) is 0 Å². The topological polar surface area (TPSA) is 41.7 Å². The van der Waals surface area contributed by atoms with Gasteiger partial charge >= 0.3 is 0 Å². The third-order valence-electron chi connectivity index (χ3n) is 2.89. The zero-order chi connectivity index (χ0) is 12.2. The molecule has 1 saturated heterocycles. The van der Waals surface area contributed by atoms with E-state index in [4.69, 9.17) is 10.5 Å². The Morgan fingerprint density at radius 2 is 2.12 bits per heavy atom. The van der Waals surface area contributed by atoms with Gasteiger partial charge in [-0.15, -0.1) is 0 Å². The maximum Gasteiger partial charge on any atom is 0.0831 e. The molecule has 0 aromatic heterocycles. The summed E-state index contributed by atoms with van der Waals surface area (Å²) in [6, 6.07) is 0. The largest absolute Gasteiger partial charge is 0.368 e. The minimum absolute atomic E-state index is 0.0552. The summed E-state index contributed by atoms with van der Waals surface area (Å²) in [7, 11) is 4.23. The van der Waals surface area contributed by atoms with Crippen molar-refractivity contribution in [3.63, 3.8) is 0 Å². The van der Waals surface area contributed by atoms with Gasteiger partial charge in [-0.3, -0.25) is 4.90 Å². The zero-order valence-electron chi connectivity index (χ0n) is 11.2. The molecule has 0 radical (unpaired) electrons. The standard InChI is InChI=1S/C12H27N3O/c1-12(2)10-15(7-5-6-14(3)4)9-11(8-13)16-12/h11H,5-10,13H2,1-4H3. The van der Waals surface area contributed by atoms with Gasteiger partial charge in [0, 0.05) is 19.6 Å². The Bertz CT molecular complexity index is 206. The molecule has 0 aliphatic carbocycles. The summed E-state index contributed by atoms with van der Waals surface area (Å²) in [6.07, 6.45) is 1.41. The molecule has 4 nitrogen and oxygen atoms in total. The molecular formula is C12H27N3O. The average Bonchev–Trinajstić information content (AvgIpc) is 2.14. The van der Waals surface area contributed by atoms with Gasteiger partial charge < -0.3 is 15.4 Å². The van der Waals surface area contributed by atoms with Crippen LogP contribution in [-0.4, -0.2) is 68.3 Å². The van der Waals surface area contributed by atoms with Crippen LogP contribution < -0.4 is 5.73 Å².